The lowest BCUT2D eigenvalue weighted by Gasteiger charge is -2.32. The van der Waals surface area contributed by atoms with Crippen LogP contribution in [-0.4, -0.2) is 36.3 Å². The van der Waals surface area contributed by atoms with Gasteiger partial charge in [-0.05, 0) is 37.5 Å². The van der Waals surface area contributed by atoms with Crippen molar-refractivity contribution in [2.45, 2.75) is 30.7 Å². The molecule has 9 heteroatoms. The first kappa shape index (κ1) is 21.3. The van der Waals surface area contributed by atoms with E-state index in [0.29, 0.717) is 24.9 Å². The third-order valence-electron chi connectivity index (χ3n) is 5.81. The van der Waals surface area contributed by atoms with Crippen LogP contribution < -0.4 is 11.1 Å². The van der Waals surface area contributed by atoms with Gasteiger partial charge in [-0.25, -0.2) is 13.2 Å². The molecule has 2 heterocycles. The fraction of sp³-hybridized carbons (Fsp3) is 0.364. The molecule has 0 saturated carbocycles. The first-order chi connectivity index (χ1) is 14.8. The number of nitrogens with one attached hydrogen (secondary N) is 1. The molecule has 0 bridgehead atoms. The number of hydrogen-bond donors (Lipinski definition) is 1. The normalized spacial score (nSPS) is 18.7. The first-order valence-electron chi connectivity index (χ1n) is 10.2. The minimum atomic E-state index is -3.82. The topological polar surface area (TPSA) is 102 Å². The van der Waals surface area contributed by atoms with Crippen LogP contribution in [0.5, 0.6) is 0 Å². The van der Waals surface area contributed by atoms with Gasteiger partial charge in [-0.15, -0.1) is 0 Å². The molecule has 1 aliphatic heterocycles. The van der Waals surface area contributed by atoms with Crippen LogP contribution in [0.25, 0.3) is 11.1 Å². The third kappa shape index (κ3) is 4.15. The molecule has 2 aromatic carbocycles. The summed E-state index contributed by atoms with van der Waals surface area (Å²) in [4.78, 5) is 24.6. The fourth-order valence-corrected chi connectivity index (χ4v) is 5.49. The molecule has 1 amide bonds. The van der Waals surface area contributed by atoms with E-state index in [-0.39, 0.29) is 29.0 Å². The highest BCUT2D eigenvalue weighted by molar-refractivity contribution is 7.89. The van der Waals surface area contributed by atoms with Gasteiger partial charge < -0.3 is 9.73 Å². The number of sulfonamides is 1. The molecule has 2 atom stereocenters. The largest absolute Gasteiger partial charge is 0.419 e. The van der Waals surface area contributed by atoms with E-state index in [1.54, 1.807) is 13.1 Å². The van der Waals surface area contributed by atoms with E-state index in [1.165, 1.54) is 21.0 Å². The number of hydrogen-bond acceptors (Lipinski definition) is 5. The number of oxazole rings is 1. The average molecular weight is 444 g/mol. The molecule has 1 N–H and O–H groups in total. The van der Waals surface area contributed by atoms with Crippen molar-refractivity contribution in [3.63, 3.8) is 0 Å². The van der Waals surface area contributed by atoms with E-state index < -0.39 is 21.7 Å². The Bertz CT molecular complexity index is 1260. The smallest absolute Gasteiger partial charge is 0.408 e. The quantitative estimate of drug-likeness (QED) is 0.653. The highest BCUT2D eigenvalue weighted by atomic mass is 32.2. The van der Waals surface area contributed by atoms with Crippen LogP contribution in [0.15, 0.2) is 62.6 Å². The maximum Gasteiger partial charge on any atom is 0.419 e. The average Bonchev–Trinajstić information content (AvgIpc) is 3.07. The summed E-state index contributed by atoms with van der Waals surface area (Å²) in [5.41, 5.74) is 1.74. The highest BCUT2D eigenvalue weighted by Gasteiger charge is 2.34. The summed E-state index contributed by atoms with van der Waals surface area (Å²) in [6.45, 7) is 2.37. The number of rotatable bonds is 5. The minimum Gasteiger partial charge on any atom is -0.408 e. The molecule has 0 aliphatic carbocycles. The van der Waals surface area contributed by atoms with Crippen molar-refractivity contribution in [3.05, 3.63) is 64.6 Å². The van der Waals surface area contributed by atoms with Gasteiger partial charge in [0.05, 0.1) is 22.4 Å². The molecule has 164 valence electrons. The summed E-state index contributed by atoms with van der Waals surface area (Å²) >= 11 is 0. The molecule has 0 radical (unpaired) electrons. The van der Waals surface area contributed by atoms with E-state index in [0.717, 1.165) is 5.56 Å². The van der Waals surface area contributed by atoms with Crippen LogP contribution in [0.3, 0.4) is 0 Å². The van der Waals surface area contributed by atoms with Crippen molar-refractivity contribution in [2.24, 2.45) is 13.0 Å². The van der Waals surface area contributed by atoms with Gasteiger partial charge in [-0.1, -0.05) is 30.3 Å². The summed E-state index contributed by atoms with van der Waals surface area (Å²) in [5.74, 6) is -1.12. The zero-order valence-electron chi connectivity index (χ0n) is 17.4. The number of nitrogens with zero attached hydrogens (tertiary/aromatic N) is 2. The van der Waals surface area contributed by atoms with E-state index in [1.807, 2.05) is 37.3 Å². The Labute approximate surface area is 180 Å². The van der Waals surface area contributed by atoms with Crippen molar-refractivity contribution >= 4 is 27.0 Å². The maximum absolute atomic E-state index is 13.2. The molecule has 1 fully saturated rings. The van der Waals surface area contributed by atoms with E-state index in [2.05, 4.69) is 5.32 Å². The fourth-order valence-electron chi connectivity index (χ4n) is 3.95. The molecule has 3 aromatic rings. The maximum atomic E-state index is 13.2. The standard InChI is InChI=1S/C22H25N3O5S/c1-15(16-7-4-3-5-8-16)23-21(26)17-9-6-12-25(14-17)31(28,29)18-10-11-19-20(13-18)30-22(27)24(19)2/h3-5,7-8,10-11,13,15,17H,6,9,12,14H2,1-2H3,(H,23,26)/t15-,17-/m1/s1. The Morgan fingerprint density at radius 1 is 1.19 bits per heavy atom. The molecule has 0 unspecified atom stereocenters. The second-order valence-electron chi connectivity index (χ2n) is 7.90. The summed E-state index contributed by atoms with van der Waals surface area (Å²) in [7, 11) is -2.26. The molecule has 0 spiro atoms. The second-order valence-corrected chi connectivity index (χ2v) is 9.84. The molecule has 1 saturated heterocycles. The summed E-state index contributed by atoms with van der Waals surface area (Å²) in [6.07, 6.45) is 1.23. The zero-order valence-corrected chi connectivity index (χ0v) is 18.3. The lowest BCUT2D eigenvalue weighted by molar-refractivity contribution is -0.126. The molecular weight excluding hydrogens is 418 g/mol. The number of benzene rings is 2. The Balaban J connectivity index is 1.51. The second kappa shape index (κ2) is 8.32. The predicted octanol–water partition coefficient (Wildman–Crippen LogP) is 2.41. The lowest BCUT2D eigenvalue weighted by atomic mass is 9.98. The Morgan fingerprint density at radius 3 is 2.68 bits per heavy atom. The summed E-state index contributed by atoms with van der Waals surface area (Å²) in [5, 5.41) is 3.00. The van der Waals surface area contributed by atoms with Gasteiger partial charge in [-0.3, -0.25) is 9.36 Å². The zero-order chi connectivity index (χ0) is 22.2. The molecule has 1 aliphatic rings. The third-order valence-corrected chi connectivity index (χ3v) is 7.68. The van der Waals surface area contributed by atoms with E-state index >= 15 is 0 Å². The SMILES string of the molecule is C[C@@H](NC(=O)[C@@H]1CCCN(S(=O)(=O)c2ccc3c(c2)oc(=O)n3C)C1)c1ccccc1. The van der Waals surface area contributed by atoms with Crippen molar-refractivity contribution < 1.29 is 17.6 Å². The van der Waals surface area contributed by atoms with Crippen molar-refractivity contribution in [1.82, 2.24) is 14.2 Å². The number of piperidine rings is 1. The van der Waals surface area contributed by atoms with Crippen LogP contribution in [0.1, 0.15) is 31.4 Å². The van der Waals surface area contributed by atoms with Crippen LogP contribution >= 0.6 is 0 Å². The number of carbonyl (C=O) groups is 1. The highest BCUT2D eigenvalue weighted by Crippen LogP contribution is 2.26. The van der Waals surface area contributed by atoms with Gasteiger partial charge in [0, 0.05) is 26.2 Å². The van der Waals surface area contributed by atoms with Crippen LogP contribution in [0.2, 0.25) is 0 Å². The first-order valence-corrected chi connectivity index (χ1v) is 11.7. The number of carbonyl (C=O) groups excluding carboxylic acids is 1. The molecule has 1 aromatic heterocycles. The summed E-state index contributed by atoms with van der Waals surface area (Å²) in [6, 6.07) is 13.9. The van der Waals surface area contributed by atoms with E-state index in [9.17, 15) is 18.0 Å². The lowest BCUT2D eigenvalue weighted by Crippen LogP contribution is -2.45. The van der Waals surface area contributed by atoms with Crippen molar-refractivity contribution in [1.29, 1.82) is 0 Å². The van der Waals surface area contributed by atoms with Gasteiger partial charge >= 0.3 is 5.76 Å². The molecule has 4 rings (SSSR count). The van der Waals surface area contributed by atoms with Gasteiger partial charge in [0.1, 0.15) is 0 Å². The Hall–Kier alpha value is -2.91. The Kier molecular flexibility index (Phi) is 5.72. The van der Waals surface area contributed by atoms with Crippen molar-refractivity contribution in [3.8, 4) is 0 Å². The number of amides is 1. The van der Waals surface area contributed by atoms with Crippen LogP contribution in [0.4, 0.5) is 0 Å². The molecular formula is C22H25N3O5S. The van der Waals surface area contributed by atoms with Gasteiger partial charge in [-0.2, -0.15) is 4.31 Å². The van der Waals surface area contributed by atoms with Gasteiger partial charge in [0.25, 0.3) is 0 Å². The summed E-state index contributed by atoms with van der Waals surface area (Å²) < 4.78 is 34.2. The number of aromatic nitrogens is 1. The van der Waals surface area contributed by atoms with Crippen molar-refractivity contribution in [2.75, 3.05) is 13.1 Å². The van der Waals surface area contributed by atoms with Crippen LogP contribution in [0, 0.1) is 5.92 Å². The number of fused-ring (bicyclic) bond motifs is 1. The van der Waals surface area contributed by atoms with Gasteiger partial charge in [0.15, 0.2) is 5.58 Å². The monoisotopic (exact) mass is 443 g/mol. The Morgan fingerprint density at radius 2 is 1.94 bits per heavy atom. The predicted molar refractivity (Wildman–Crippen MR) is 116 cm³/mol. The number of aryl methyl sites for hydroxylation is 1. The van der Waals surface area contributed by atoms with Crippen LogP contribution in [-0.2, 0) is 21.9 Å². The molecule has 31 heavy (non-hydrogen) atoms. The minimum absolute atomic E-state index is 0.0491. The molecule has 8 nitrogen and oxygen atoms in total. The van der Waals surface area contributed by atoms with Gasteiger partial charge in [0.2, 0.25) is 15.9 Å². The van der Waals surface area contributed by atoms with E-state index in [4.69, 9.17) is 4.42 Å².